The van der Waals surface area contributed by atoms with Crippen LogP contribution in [0.4, 0.5) is 5.69 Å². The van der Waals surface area contributed by atoms with Gasteiger partial charge in [0.05, 0.1) is 0 Å². The lowest BCUT2D eigenvalue weighted by molar-refractivity contribution is 0.588. The molecule has 0 radical (unpaired) electrons. The molecule has 0 saturated carbocycles. The Morgan fingerprint density at radius 2 is 2.00 bits per heavy atom. The quantitative estimate of drug-likeness (QED) is 0.708. The van der Waals surface area contributed by atoms with E-state index in [2.05, 4.69) is 50.2 Å². The molecule has 0 bridgehead atoms. The summed E-state index contributed by atoms with van der Waals surface area (Å²) in [6.07, 6.45) is 3.77. The van der Waals surface area contributed by atoms with E-state index in [0.717, 1.165) is 18.1 Å². The highest BCUT2D eigenvalue weighted by atomic mass is 35.5. The fourth-order valence-corrected chi connectivity index (χ4v) is 2.24. The molecule has 0 unspecified atom stereocenters. The number of benzene rings is 1. The summed E-state index contributed by atoms with van der Waals surface area (Å²) in [5.74, 6) is 0. The Morgan fingerprint density at radius 3 is 2.63 bits per heavy atom. The van der Waals surface area contributed by atoms with Crippen LogP contribution in [-0.4, -0.2) is 19.6 Å². The van der Waals surface area contributed by atoms with Crippen molar-refractivity contribution < 1.29 is 0 Å². The molecule has 0 atom stereocenters. The van der Waals surface area contributed by atoms with Crippen molar-refractivity contribution >= 4 is 17.3 Å². The highest BCUT2D eigenvalue weighted by molar-refractivity contribution is 6.30. The second-order valence-corrected chi connectivity index (χ2v) is 5.87. The van der Waals surface area contributed by atoms with E-state index >= 15 is 0 Å². The van der Waals surface area contributed by atoms with Gasteiger partial charge in [0.1, 0.15) is 0 Å². The van der Waals surface area contributed by atoms with E-state index in [9.17, 15) is 0 Å². The van der Waals surface area contributed by atoms with E-state index < -0.39 is 0 Å². The maximum absolute atomic E-state index is 6.14. The summed E-state index contributed by atoms with van der Waals surface area (Å²) < 4.78 is 0. The maximum atomic E-state index is 6.14. The molecule has 0 fully saturated rings. The molecule has 0 spiro atoms. The van der Waals surface area contributed by atoms with Crippen LogP contribution in [0.15, 0.2) is 18.2 Å². The van der Waals surface area contributed by atoms with Crippen molar-refractivity contribution in [3.63, 3.8) is 0 Å². The van der Waals surface area contributed by atoms with Crippen LogP contribution in [0.5, 0.6) is 0 Å². The molecule has 108 valence electrons. The van der Waals surface area contributed by atoms with Crippen molar-refractivity contribution in [2.24, 2.45) is 0 Å². The summed E-state index contributed by atoms with van der Waals surface area (Å²) in [6, 6.07) is 6.67. The highest BCUT2D eigenvalue weighted by Crippen LogP contribution is 2.24. The van der Waals surface area contributed by atoms with Crippen LogP contribution in [0.2, 0.25) is 5.02 Å². The van der Waals surface area contributed by atoms with Crippen molar-refractivity contribution in [3.05, 3.63) is 28.8 Å². The Labute approximate surface area is 123 Å². The molecule has 0 amide bonds. The molecule has 3 heteroatoms. The van der Waals surface area contributed by atoms with E-state index in [4.69, 9.17) is 11.6 Å². The number of unbranched alkanes of at least 4 members (excludes halogenated alkanes) is 2. The first kappa shape index (κ1) is 16.3. The molecule has 0 saturated heterocycles. The number of halogens is 1. The zero-order valence-corrected chi connectivity index (χ0v) is 13.4. The van der Waals surface area contributed by atoms with Crippen molar-refractivity contribution in [3.8, 4) is 0 Å². The molecular weight excluding hydrogens is 256 g/mol. The molecule has 1 aromatic rings. The lowest BCUT2D eigenvalue weighted by atomic mass is 10.1. The van der Waals surface area contributed by atoms with Crippen LogP contribution < -0.4 is 10.2 Å². The molecule has 19 heavy (non-hydrogen) atoms. The summed E-state index contributed by atoms with van der Waals surface area (Å²) in [6.45, 7) is 8.55. The third-order valence-corrected chi connectivity index (χ3v) is 3.49. The van der Waals surface area contributed by atoms with E-state index in [1.54, 1.807) is 0 Å². The molecule has 0 heterocycles. The topological polar surface area (TPSA) is 15.3 Å². The Balaban J connectivity index is 2.74. The van der Waals surface area contributed by atoms with Gasteiger partial charge in [-0.15, -0.1) is 0 Å². The smallest absolute Gasteiger partial charge is 0.0426 e. The van der Waals surface area contributed by atoms with Gasteiger partial charge in [0, 0.05) is 36.9 Å². The zero-order valence-electron chi connectivity index (χ0n) is 12.7. The highest BCUT2D eigenvalue weighted by Gasteiger charge is 2.08. The van der Waals surface area contributed by atoms with Crippen LogP contribution in [0.3, 0.4) is 0 Å². The second kappa shape index (κ2) is 8.44. The van der Waals surface area contributed by atoms with Crippen LogP contribution in [0, 0.1) is 0 Å². The first-order valence-corrected chi connectivity index (χ1v) is 7.65. The van der Waals surface area contributed by atoms with Crippen LogP contribution in [0.1, 0.15) is 45.6 Å². The maximum Gasteiger partial charge on any atom is 0.0426 e. The Hall–Kier alpha value is -0.730. The van der Waals surface area contributed by atoms with Crippen LogP contribution >= 0.6 is 11.6 Å². The van der Waals surface area contributed by atoms with E-state index in [-0.39, 0.29) is 0 Å². The van der Waals surface area contributed by atoms with Crippen molar-refractivity contribution in [1.82, 2.24) is 5.32 Å². The number of hydrogen-bond acceptors (Lipinski definition) is 2. The minimum absolute atomic E-state index is 0.494. The minimum atomic E-state index is 0.494. The number of hydrogen-bond donors (Lipinski definition) is 1. The van der Waals surface area contributed by atoms with Crippen LogP contribution in [0.25, 0.3) is 0 Å². The van der Waals surface area contributed by atoms with E-state index in [1.807, 2.05) is 6.07 Å². The molecule has 1 rings (SSSR count). The van der Waals surface area contributed by atoms with Gasteiger partial charge in [-0.2, -0.15) is 0 Å². The van der Waals surface area contributed by atoms with Crippen molar-refractivity contribution in [2.45, 2.75) is 52.6 Å². The lowest BCUT2D eigenvalue weighted by Gasteiger charge is -2.23. The Bertz CT molecular complexity index is 377. The summed E-state index contributed by atoms with van der Waals surface area (Å²) in [4.78, 5) is 2.32. The van der Waals surface area contributed by atoms with Gasteiger partial charge in [-0.05, 0) is 24.1 Å². The van der Waals surface area contributed by atoms with Gasteiger partial charge in [-0.1, -0.05) is 51.3 Å². The Kier molecular flexibility index (Phi) is 7.25. The third kappa shape index (κ3) is 5.84. The molecule has 0 aromatic heterocycles. The monoisotopic (exact) mass is 282 g/mol. The summed E-state index contributed by atoms with van der Waals surface area (Å²) >= 11 is 6.14. The van der Waals surface area contributed by atoms with Gasteiger partial charge in [0.15, 0.2) is 0 Å². The predicted molar refractivity (Wildman–Crippen MR) is 86.2 cm³/mol. The fourth-order valence-electron chi connectivity index (χ4n) is 2.08. The SMILES string of the molecule is CCCCCN(C)c1cc(Cl)ccc1CNC(C)C. The predicted octanol–water partition coefficient (Wildman–Crippen LogP) is 4.46. The van der Waals surface area contributed by atoms with E-state index in [1.165, 1.54) is 30.5 Å². The number of nitrogens with zero attached hydrogens (tertiary/aromatic N) is 1. The lowest BCUT2D eigenvalue weighted by Crippen LogP contribution is -2.25. The molecule has 0 aliphatic carbocycles. The number of rotatable bonds is 8. The first-order valence-electron chi connectivity index (χ1n) is 7.27. The van der Waals surface area contributed by atoms with Gasteiger partial charge in [-0.25, -0.2) is 0 Å². The largest absolute Gasteiger partial charge is 0.374 e. The van der Waals surface area contributed by atoms with Gasteiger partial charge < -0.3 is 10.2 Å². The zero-order chi connectivity index (χ0) is 14.3. The molecule has 2 nitrogen and oxygen atoms in total. The fraction of sp³-hybridized carbons (Fsp3) is 0.625. The van der Waals surface area contributed by atoms with Crippen LogP contribution in [-0.2, 0) is 6.54 Å². The standard InChI is InChI=1S/C16H27ClN2/c1-5-6-7-10-19(4)16-11-15(17)9-8-14(16)12-18-13(2)3/h8-9,11,13,18H,5-7,10,12H2,1-4H3. The van der Waals surface area contributed by atoms with Gasteiger partial charge >= 0.3 is 0 Å². The average Bonchev–Trinajstić information content (AvgIpc) is 2.37. The average molecular weight is 283 g/mol. The number of anilines is 1. The molecule has 0 aliphatic heterocycles. The third-order valence-electron chi connectivity index (χ3n) is 3.26. The summed E-state index contributed by atoms with van der Waals surface area (Å²) in [5, 5.41) is 4.28. The van der Waals surface area contributed by atoms with Crippen molar-refractivity contribution in [1.29, 1.82) is 0 Å². The van der Waals surface area contributed by atoms with Crippen molar-refractivity contribution in [2.75, 3.05) is 18.5 Å². The van der Waals surface area contributed by atoms with Gasteiger partial charge in [-0.3, -0.25) is 0 Å². The number of nitrogens with one attached hydrogen (secondary N) is 1. The Morgan fingerprint density at radius 1 is 1.26 bits per heavy atom. The molecule has 1 aromatic carbocycles. The summed E-state index contributed by atoms with van der Waals surface area (Å²) in [7, 11) is 2.15. The molecule has 0 aliphatic rings. The normalized spacial score (nSPS) is 11.1. The van der Waals surface area contributed by atoms with E-state index in [0.29, 0.717) is 6.04 Å². The molecule has 1 N–H and O–H groups in total. The van der Waals surface area contributed by atoms with Gasteiger partial charge in [0.2, 0.25) is 0 Å². The second-order valence-electron chi connectivity index (χ2n) is 5.44. The minimum Gasteiger partial charge on any atom is -0.374 e. The van der Waals surface area contributed by atoms with Gasteiger partial charge in [0.25, 0.3) is 0 Å². The molecular formula is C16H27ClN2. The summed E-state index contributed by atoms with van der Waals surface area (Å²) in [5.41, 5.74) is 2.56. The first-order chi connectivity index (χ1) is 9.04.